The Hall–Kier alpha value is -1.83. The van der Waals surface area contributed by atoms with Gasteiger partial charge >= 0.3 is 0 Å². The Morgan fingerprint density at radius 1 is 1.40 bits per heavy atom. The van der Waals surface area contributed by atoms with Crippen LogP contribution in [0.25, 0.3) is 0 Å². The second kappa shape index (κ2) is 8.51. The van der Waals surface area contributed by atoms with Crippen molar-refractivity contribution < 1.29 is 19.1 Å². The number of amides is 2. The first kappa shape index (κ1) is 21.2. The summed E-state index contributed by atoms with van der Waals surface area (Å²) < 4.78 is 10.5. The topological polar surface area (TPSA) is 93.9 Å². The van der Waals surface area contributed by atoms with Crippen molar-refractivity contribution in [1.82, 2.24) is 0 Å². The highest BCUT2D eigenvalue weighted by atomic mass is 35.5. The molecule has 1 heterocycles. The Labute approximate surface area is 154 Å². The molecule has 0 bridgehead atoms. The number of benzene rings is 1. The lowest BCUT2D eigenvalue weighted by atomic mass is 9.94. The van der Waals surface area contributed by atoms with Gasteiger partial charge in [-0.2, -0.15) is 0 Å². The number of carbonyl (C=O) groups is 2. The average molecular weight is 372 g/mol. The van der Waals surface area contributed by atoms with Gasteiger partial charge in [0.1, 0.15) is 18.4 Å². The molecule has 0 saturated carbocycles. The zero-order valence-corrected chi connectivity index (χ0v) is 15.8. The number of fused-ring (bicyclic) bond motifs is 1. The van der Waals surface area contributed by atoms with Crippen LogP contribution < -0.4 is 20.7 Å². The molecule has 0 saturated heterocycles. The van der Waals surface area contributed by atoms with Gasteiger partial charge in [0.05, 0.1) is 18.8 Å². The normalized spacial score (nSPS) is 14.7. The van der Waals surface area contributed by atoms with Crippen LogP contribution in [-0.4, -0.2) is 44.7 Å². The summed E-state index contributed by atoms with van der Waals surface area (Å²) in [6, 6.07) is 4.45. The summed E-state index contributed by atoms with van der Waals surface area (Å²) in [5.41, 5.74) is 6.42. The zero-order chi connectivity index (χ0) is 17.9. The molecule has 1 aromatic carbocycles. The Bertz CT molecular complexity index is 631. The molecular weight excluding hydrogens is 346 g/mol. The van der Waals surface area contributed by atoms with Crippen molar-refractivity contribution >= 4 is 35.6 Å². The highest BCUT2D eigenvalue weighted by Gasteiger charge is 2.32. The molecule has 3 N–H and O–H groups in total. The van der Waals surface area contributed by atoms with Crippen LogP contribution in [0.4, 0.5) is 11.4 Å². The first-order valence-electron chi connectivity index (χ1n) is 7.88. The number of halogens is 1. The number of nitrogens with zero attached hydrogens (tertiary/aromatic N) is 1. The number of methoxy groups -OCH3 is 1. The van der Waals surface area contributed by atoms with Crippen molar-refractivity contribution in [2.24, 2.45) is 11.1 Å². The molecule has 0 fully saturated rings. The Balaban J connectivity index is 0.00000312. The minimum absolute atomic E-state index is 0. The minimum atomic E-state index is -0.755. The van der Waals surface area contributed by atoms with Gasteiger partial charge in [0.15, 0.2) is 0 Å². The van der Waals surface area contributed by atoms with Crippen molar-refractivity contribution in [2.75, 3.05) is 37.1 Å². The molecule has 2 rings (SSSR count). The minimum Gasteiger partial charge on any atom is -0.490 e. The standard InChI is InChI=1S/C17H25N3O4.ClH/c1-17(2,3)16(22)20-7-8-24-14-6-5-11(9-13(14)20)19-15(21)12(18)10-23-4;/h5-6,9,12H,7-8,10,18H2,1-4H3,(H,19,21);1H. The van der Waals surface area contributed by atoms with Gasteiger partial charge in [-0.3, -0.25) is 9.59 Å². The lowest BCUT2D eigenvalue weighted by Crippen LogP contribution is -2.44. The quantitative estimate of drug-likeness (QED) is 0.841. The van der Waals surface area contributed by atoms with Crippen LogP contribution >= 0.6 is 12.4 Å². The van der Waals surface area contributed by atoms with Gasteiger partial charge in [0.25, 0.3) is 0 Å². The van der Waals surface area contributed by atoms with Crippen molar-refractivity contribution in [3.8, 4) is 5.75 Å². The van der Waals surface area contributed by atoms with E-state index in [2.05, 4.69) is 5.32 Å². The number of nitrogens with one attached hydrogen (secondary N) is 1. The van der Waals surface area contributed by atoms with Crippen LogP contribution in [-0.2, 0) is 14.3 Å². The molecule has 1 aliphatic rings. The predicted octanol–water partition coefficient (Wildman–Crippen LogP) is 1.79. The maximum absolute atomic E-state index is 12.7. The first-order valence-corrected chi connectivity index (χ1v) is 7.88. The fraction of sp³-hybridized carbons (Fsp3) is 0.529. The number of carbonyl (C=O) groups excluding carboxylic acids is 2. The average Bonchev–Trinajstić information content (AvgIpc) is 2.52. The number of ether oxygens (including phenoxy) is 2. The van der Waals surface area contributed by atoms with E-state index < -0.39 is 11.5 Å². The summed E-state index contributed by atoms with van der Waals surface area (Å²) in [6.45, 7) is 6.68. The van der Waals surface area contributed by atoms with Crippen molar-refractivity contribution in [2.45, 2.75) is 26.8 Å². The van der Waals surface area contributed by atoms with Crippen molar-refractivity contribution in [3.05, 3.63) is 18.2 Å². The molecule has 1 aliphatic heterocycles. The number of anilines is 2. The molecule has 2 amide bonds. The second-order valence-electron chi connectivity index (χ2n) is 6.79. The van der Waals surface area contributed by atoms with E-state index in [1.54, 1.807) is 23.1 Å². The Morgan fingerprint density at radius 3 is 2.68 bits per heavy atom. The molecule has 7 nitrogen and oxygen atoms in total. The van der Waals surface area contributed by atoms with Crippen LogP contribution in [0.3, 0.4) is 0 Å². The summed E-state index contributed by atoms with van der Waals surface area (Å²) in [6.07, 6.45) is 0. The predicted molar refractivity (Wildman–Crippen MR) is 99.5 cm³/mol. The molecule has 0 aliphatic carbocycles. The number of hydrogen-bond acceptors (Lipinski definition) is 5. The van der Waals surface area contributed by atoms with E-state index in [4.69, 9.17) is 15.2 Å². The fourth-order valence-corrected chi connectivity index (χ4v) is 2.40. The fourth-order valence-electron chi connectivity index (χ4n) is 2.40. The van der Waals surface area contributed by atoms with E-state index >= 15 is 0 Å². The van der Waals surface area contributed by atoms with Gasteiger partial charge in [-0.05, 0) is 18.2 Å². The summed E-state index contributed by atoms with van der Waals surface area (Å²) in [7, 11) is 1.49. The third-order valence-corrected chi connectivity index (χ3v) is 3.66. The zero-order valence-electron chi connectivity index (χ0n) is 15.0. The highest BCUT2D eigenvalue weighted by molar-refractivity contribution is 6.00. The maximum atomic E-state index is 12.7. The van der Waals surface area contributed by atoms with E-state index in [0.29, 0.717) is 30.3 Å². The summed E-state index contributed by atoms with van der Waals surface area (Å²) in [4.78, 5) is 26.4. The maximum Gasteiger partial charge on any atom is 0.243 e. The van der Waals surface area contributed by atoms with Gasteiger partial charge in [-0.15, -0.1) is 12.4 Å². The van der Waals surface area contributed by atoms with Gasteiger partial charge in [-0.25, -0.2) is 0 Å². The van der Waals surface area contributed by atoms with E-state index in [0.717, 1.165) is 0 Å². The van der Waals surface area contributed by atoms with E-state index in [-0.39, 0.29) is 30.8 Å². The molecule has 1 atom stereocenters. The van der Waals surface area contributed by atoms with Gasteiger partial charge in [-0.1, -0.05) is 20.8 Å². The lowest BCUT2D eigenvalue weighted by molar-refractivity contribution is -0.126. The molecule has 140 valence electrons. The van der Waals surface area contributed by atoms with Gasteiger partial charge < -0.3 is 25.4 Å². The van der Waals surface area contributed by atoms with Crippen molar-refractivity contribution in [1.29, 1.82) is 0 Å². The summed E-state index contributed by atoms with van der Waals surface area (Å²) in [5.74, 6) is 0.284. The van der Waals surface area contributed by atoms with Gasteiger partial charge in [0.2, 0.25) is 11.8 Å². The molecule has 1 aromatic rings. The molecule has 1 unspecified atom stereocenters. The molecular formula is C17H26ClN3O4. The van der Waals surface area contributed by atoms with E-state index in [9.17, 15) is 9.59 Å². The third kappa shape index (κ3) is 5.07. The molecule has 0 spiro atoms. The number of nitrogens with two attached hydrogens (primary N) is 1. The first-order chi connectivity index (χ1) is 11.2. The number of rotatable bonds is 4. The number of hydrogen-bond donors (Lipinski definition) is 2. The van der Waals surface area contributed by atoms with E-state index in [1.165, 1.54) is 7.11 Å². The summed E-state index contributed by atoms with van der Waals surface area (Å²) >= 11 is 0. The monoisotopic (exact) mass is 371 g/mol. The summed E-state index contributed by atoms with van der Waals surface area (Å²) in [5, 5.41) is 2.74. The van der Waals surface area contributed by atoms with Gasteiger partial charge in [0, 0.05) is 18.2 Å². The third-order valence-electron chi connectivity index (χ3n) is 3.66. The van der Waals surface area contributed by atoms with Crippen LogP contribution in [0.2, 0.25) is 0 Å². The van der Waals surface area contributed by atoms with Crippen LogP contribution in [0.1, 0.15) is 20.8 Å². The van der Waals surface area contributed by atoms with Crippen LogP contribution in [0.5, 0.6) is 5.75 Å². The molecule has 0 radical (unpaired) electrons. The Kier molecular flexibility index (Phi) is 7.22. The second-order valence-corrected chi connectivity index (χ2v) is 6.79. The largest absolute Gasteiger partial charge is 0.490 e. The molecule has 25 heavy (non-hydrogen) atoms. The SMILES string of the molecule is COCC(N)C(=O)Nc1ccc2c(c1)N(C(=O)C(C)(C)C)CCO2.Cl. The van der Waals surface area contributed by atoms with Crippen LogP contribution in [0.15, 0.2) is 18.2 Å². The lowest BCUT2D eigenvalue weighted by Gasteiger charge is -2.34. The Morgan fingerprint density at radius 2 is 2.08 bits per heavy atom. The highest BCUT2D eigenvalue weighted by Crippen LogP contribution is 2.36. The van der Waals surface area contributed by atoms with E-state index in [1.807, 2.05) is 20.8 Å². The molecule has 0 aromatic heterocycles. The molecule has 8 heteroatoms. The van der Waals surface area contributed by atoms with Crippen LogP contribution in [0, 0.1) is 5.41 Å². The smallest absolute Gasteiger partial charge is 0.243 e. The van der Waals surface area contributed by atoms with Crippen molar-refractivity contribution in [3.63, 3.8) is 0 Å².